The first-order chi connectivity index (χ1) is 14.8. The molecule has 2 aromatic heterocycles. The Morgan fingerprint density at radius 3 is 2.35 bits per heavy atom. The topological polar surface area (TPSA) is 144 Å². The van der Waals surface area contributed by atoms with Gasteiger partial charge >= 0.3 is 0 Å². The minimum Gasteiger partial charge on any atom is -0.399 e. The second kappa shape index (κ2) is 8.09. The molecule has 1 aliphatic heterocycles. The van der Waals surface area contributed by atoms with Crippen LogP contribution in [-0.4, -0.2) is 60.7 Å². The Bertz CT molecular complexity index is 1070. The van der Waals surface area contributed by atoms with Crippen LogP contribution in [0.3, 0.4) is 0 Å². The van der Waals surface area contributed by atoms with E-state index in [0.29, 0.717) is 30.5 Å². The Kier molecular flexibility index (Phi) is 5.32. The molecular formula is C20H26N10O. The highest BCUT2D eigenvalue weighted by Gasteiger charge is 2.31. The van der Waals surface area contributed by atoms with Gasteiger partial charge in [-0.15, -0.1) is 5.10 Å². The van der Waals surface area contributed by atoms with E-state index < -0.39 is 0 Å². The summed E-state index contributed by atoms with van der Waals surface area (Å²) in [5, 5.41) is 7.52. The van der Waals surface area contributed by atoms with Crippen LogP contribution in [0, 0.1) is 0 Å². The van der Waals surface area contributed by atoms with Gasteiger partial charge in [-0.1, -0.05) is 0 Å². The van der Waals surface area contributed by atoms with Gasteiger partial charge in [-0.3, -0.25) is 4.79 Å². The summed E-state index contributed by atoms with van der Waals surface area (Å²) in [4.78, 5) is 29.0. The number of nitrogens with two attached hydrogens (primary N) is 2. The van der Waals surface area contributed by atoms with Gasteiger partial charge in [-0.2, -0.15) is 9.67 Å². The number of carbonyl (C=O) groups excluding carboxylic acids is 1. The molecule has 11 heteroatoms. The summed E-state index contributed by atoms with van der Waals surface area (Å²) < 4.78 is 1.46. The third-order valence-corrected chi connectivity index (χ3v) is 5.26. The van der Waals surface area contributed by atoms with Crippen LogP contribution in [0.15, 0.2) is 36.7 Å². The fourth-order valence-electron chi connectivity index (χ4n) is 4.00. The lowest BCUT2D eigenvalue weighted by Crippen LogP contribution is -2.58. The van der Waals surface area contributed by atoms with Gasteiger partial charge in [0.25, 0.3) is 0 Å². The lowest BCUT2D eigenvalue weighted by molar-refractivity contribution is -0.133. The minimum absolute atomic E-state index is 0.0758. The zero-order valence-corrected chi connectivity index (χ0v) is 17.7. The van der Waals surface area contributed by atoms with Crippen molar-refractivity contribution in [3.8, 4) is 5.82 Å². The van der Waals surface area contributed by atoms with Gasteiger partial charge in [0.15, 0.2) is 5.82 Å². The van der Waals surface area contributed by atoms with Crippen molar-refractivity contribution in [2.45, 2.75) is 32.9 Å². The molecule has 31 heavy (non-hydrogen) atoms. The number of nitrogens with zero attached hydrogens (tertiary/aromatic N) is 7. The molecule has 3 heterocycles. The molecule has 1 aliphatic rings. The summed E-state index contributed by atoms with van der Waals surface area (Å²) in [5.74, 6) is 1.88. The Hall–Kier alpha value is -3.89. The van der Waals surface area contributed by atoms with Crippen LogP contribution < -0.4 is 21.7 Å². The predicted molar refractivity (Wildman–Crippen MR) is 119 cm³/mol. The van der Waals surface area contributed by atoms with Crippen LogP contribution in [0.1, 0.15) is 20.8 Å². The van der Waals surface area contributed by atoms with Crippen molar-refractivity contribution >= 4 is 35.0 Å². The van der Waals surface area contributed by atoms with E-state index in [0.717, 1.165) is 11.5 Å². The molecule has 1 aromatic carbocycles. The SMILES string of the molecule is CC(=O)N1C(C)CN(c2cc(-n3nc(Nc4ccc(N)cc4)nc3N)ncn2)CC1C. The van der Waals surface area contributed by atoms with E-state index >= 15 is 0 Å². The lowest BCUT2D eigenvalue weighted by Gasteiger charge is -2.44. The molecule has 1 amide bonds. The van der Waals surface area contributed by atoms with Gasteiger partial charge < -0.3 is 26.6 Å². The van der Waals surface area contributed by atoms with Gasteiger partial charge in [0.1, 0.15) is 12.1 Å². The van der Waals surface area contributed by atoms with Crippen LogP contribution >= 0.6 is 0 Å². The van der Waals surface area contributed by atoms with E-state index in [9.17, 15) is 4.79 Å². The number of nitrogen functional groups attached to an aromatic ring is 2. The molecule has 4 rings (SSSR count). The van der Waals surface area contributed by atoms with Crippen molar-refractivity contribution in [3.05, 3.63) is 36.7 Å². The lowest BCUT2D eigenvalue weighted by atomic mass is 10.1. The first-order valence-electron chi connectivity index (χ1n) is 10.0. The molecule has 162 valence electrons. The molecule has 0 saturated carbocycles. The zero-order chi connectivity index (χ0) is 22.1. The van der Waals surface area contributed by atoms with E-state index in [1.54, 1.807) is 19.1 Å². The van der Waals surface area contributed by atoms with Crippen LogP contribution in [0.4, 0.5) is 29.1 Å². The number of amides is 1. The zero-order valence-electron chi connectivity index (χ0n) is 17.7. The molecule has 0 spiro atoms. The maximum absolute atomic E-state index is 11.9. The van der Waals surface area contributed by atoms with Gasteiger partial charge in [0.2, 0.25) is 17.8 Å². The van der Waals surface area contributed by atoms with Crippen molar-refractivity contribution in [1.82, 2.24) is 29.6 Å². The molecule has 3 aromatic rings. The fraction of sp³-hybridized carbons (Fsp3) is 0.350. The maximum Gasteiger partial charge on any atom is 0.248 e. The Morgan fingerprint density at radius 2 is 1.71 bits per heavy atom. The minimum atomic E-state index is 0.0758. The number of benzene rings is 1. The summed E-state index contributed by atoms with van der Waals surface area (Å²) in [6.45, 7) is 7.04. The Balaban J connectivity index is 1.55. The van der Waals surface area contributed by atoms with E-state index in [2.05, 4.69) is 30.3 Å². The van der Waals surface area contributed by atoms with Crippen molar-refractivity contribution in [2.24, 2.45) is 0 Å². The maximum atomic E-state index is 11.9. The summed E-state index contributed by atoms with van der Waals surface area (Å²) >= 11 is 0. The number of carbonyl (C=O) groups is 1. The van der Waals surface area contributed by atoms with Crippen molar-refractivity contribution < 1.29 is 4.79 Å². The molecule has 0 bridgehead atoms. The molecule has 1 saturated heterocycles. The standard InChI is InChI=1S/C20H26N10O/c1-12-9-28(10-13(2)29(12)14(3)31)17-8-18(24-11-23-17)30-19(22)26-20(27-30)25-16-6-4-15(21)5-7-16/h4-8,11-13H,9-10,21H2,1-3H3,(H3,22,25,26,27). The third-order valence-electron chi connectivity index (χ3n) is 5.26. The molecule has 11 nitrogen and oxygen atoms in total. The second-order valence-corrected chi connectivity index (χ2v) is 7.72. The van der Waals surface area contributed by atoms with E-state index in [1.165, 1.54) is 11.0 Å². The number of nitrogens with one attached hydrogen (secondary N) is 1. The van der Waals surface area contributed by atoms with Crippen LogP contribution in [0.25, 0.3) is 5.82 Å². The normalized spacial score (nSPS) is 18.8. The molecule has 0 radical (unpaired) electrons. The molecular weight excluding hydrogens is 396 g/mol. The smallest absolute Gasteiger partial charge is 0.248 e. The molecule has 5 N–H and O–H groups in total. The number of hydrogen-bond donors (Lipinski definition) is 3. The summed E-state index contributed by atoms with van der Waals surface area (Å²) in [7, 11) is 0. The molecule has 2 atom stereocenters. The first-order valence-corrected chi connectivity index (χ1v) is 10.0. The number of anilines is 5. The summed E-state index contributed by atoms with van der Waals surface area (Å²) in [5.41, 5.74) is 13.3. The third kappa shape index (κ3) is 4.20. The van der Waals surface area contributed by atoms with Crippen LogP contribution in [0.2, 0.25) is 0 Å². The fourth-order valence-corrected chi connectivity index (χ4v) is 4.00. The Labute approximate surface area is 180 Å². The first kappa shape index (κ1) is 20.4. The van der Waals surface area contributed by atoms with E-state index in [1.807, 2.05) is 36.9 Å². The van der Waals surface area contributed by atoms with Gasteiger partial charge in [0.05, 0.1) is 0 Å². The monoisotopic (exact) mass is 422 g/mol. The number of piperazine rings is 1. The largest absolute Gasteiger partial charge is 0.399 e. The highest BCUT2D eigenvalue weighted by molar-refractivity contribution is 5.74. The summed E-state index contributed by atoms with van der Waals surface area (Å²) in [6, 6.07) is 9.20. The summed E-state index contributed by atoms with van der Waals surface area (Å²) in [6.07, 6.45) is 1.48. The quantitative estimate of drug-likeness (QED) is 0.531. The highest BCUT2D eigenvalue weighted by Crippen LogP contribution is 2.23. The predicted octanol–water partition coefficient (Wildman–Crippen LogP) is 1.41. The van der Waals surface area contributed by atoms with Crippen LogP contribution in [0.5, 0.6) is 0 Å². The highest BCUT2D eigenvalue weighted by atomic mass is 16.2. The van der Waals surface area contributed by atoms with Crippen LogP contribution in [-0.2, 0) is 4.79 Å². The van der Waals surface area contributed by atoms with E-state index in [4.69, 9.17) is 11.5 Å². The molecule has 1 fully saturated rings. The van der Waals surface area contributed by atoms with Gasteiger partial charge in [-0.05, 0) is 38.1 Å². The number of rotatable bonds is 4. The number of aromatic nitrogens is 5. The molecule has 2 unspecified atom stereocenters. The number of hydrogen-bond acceptors (Lipinski definition) is 9. The van der Waals surface area contributed by atoms with E-state index in [-0.39, 0.29) is 23.9 Å². The Morgan fingerprint density at radius 1 is 1.06 bits per heavy atom. The van der Waals surface area contributed by atoms with Gasteiger partial charge in [0, 0.05) is 49.5 Å². The van der Waals surface area contributed by atoms with Gasteiger partial charge in [-0.25, -0.2) is 9.97 Å². The van der Waals surface area contributed by atoms with Crippen molar-refractivity contribution in [1.29, 1.82) is 0 Å². The van der Waals surface area contributed by atoms with Crippen molar-refractivity contribution in [3.63, 3.8) is 0 Å². The van der Waals surface area contributed by atoms with Crippen molar-refractivity contribution in [2.75, 3.05) is 34.8 Å². The molecule has 0 aliphatic carbocycles. The average Bonchev–Trinajstić information content (AvgIpc) is 3.09. The second-order valence-electron chi connectivity index (χ2n) is 7.72. The average molecular weight is 422 g/mol.